The third kappa shape index (κ3) is 3.00. The first kappa shape index (κ1) is 16.5. The van der Waals surface area contributed by atoms with Crippen LogP contribution in [0.25, 0.3) is 10.6 Å². The third-order valence-corrected chi connectivity index (χ3v) is 5.83. The molecule has 27 heavy (non-hydrogen) atoms. The average Bonchev–Trinajstić information content (AvgIpc) is 3.27. The van der Waals surface area contributed by atoms with Crippen molar-refractivity contribution in [3.05, 3.63) is 46.7 Å². The Morgan fingerprint density at radius 2 is 2.19 bits per heavy atom. The summed E-state index contributed by atoms with van der Waals surface area (Å²) in [6, 6.07) is 7.41. The molecule has 0 radical (unpaired) electrons. The van der Waals surface area contributed by atoms with Crippen molar-refractivity contribution < 1.29 is 9.53 Å². The standard InChI is InChI=1S/C18H14ClN5O2S/c19-11-2-1-3-12(8-11)21-16-20-9-10-4-5-13-15(14(10)23-16)27-17(22-13)24-6-7-26-18(24)25/h1-3,8-9H,4-7H2,(H,20,21,23). The summed E-state index contributed by atoms with van der Waals surface area (Å²) < 4.78 is 5.02. The first-order valence-electron chi connectivity index (χ1n) is 8.50. The van der Waals surface area contributed by atoms with E-state index in [4.69, 9.17) is 21.3 Å². The molecule has 5 rings (SSSR count). The lowest BCUT2D eigenvalue weighted by Crippen LogP contribution is -2.23. The van der Waals surface area contributed by atoms with E-state index in [9.17, 15) is 4.79 Å². The van der Waals surface area contributed by atoms with Crippen LogP contribution in [0.2, 0.25) is 5.02 Å². The SMILES string of the molecule is O=C1OCCN1c1nc2c(s1)-c1nc(Nc3cccc(Cl)c3)ncc1CC2. The molecule has 3 aromatic rings. The van der Waals surface area contributed by atoms with Crippen molar-refractivity contribution in [1.29, 1.82) is 0 Å². The smallest absolute Gasteiger partial charge is 0.416 e. The van der Waals surface area contributed by atoms with Gasteiger partial charge >= 0.3 is 6.09 Å². The number of cyclic esters (lactones) is 1. The van der Waals surface area contributed by atoms with Crippen LogP contribution in [0.4, 0.5) is 21.6 Å². The van der Waals surface area contributed by atoms with E-state index < -0.39 is 0 Å². The molecule has 1 N–H and O–H groups in total. The Balaban J connectivity index is 1.50. The van der Waals surface area contributed by atoms with Gasteiger partial charge in [-0.05, 0) is 36.6 Å². The number of aryl methyl sites for hydroxylation is 2. The molecule has 1 saturated heterocycles. The molecule has 3 heterocycles. The lowest BCUT2D eigenvalue weighted by atomic mass is 10.00. The molecule has 1 fully saturated rings. The number of nitrogens with zero attached hydrogens (tertiary/aromatic N) is 4. The molecule has 9 heteroatoms. The van der Waals surface area contributed by atoms with Gasteiger partial charge in [0.1, 0.15) is 6.61 Å². The second-order valence-corrected chi connectivity index (χ2v) is 7.66. The van der Waals surface area contributed by atoms with E-state index in [0.29, 0.717) is 29.3 Å². The first-order chi connectivity index (χ1) is 13.2. The van der Waals surface area contributed by atoms with E-state index in [2.05, 4.69) is 15.3 Å². The number of hydrogen-bond acceptors (Lipinski definition) is 7. The highest BCUT2D eigenvalue weighted by atomic mass is 35.5. The molecule has 1 aliphatic carbocycles. The zero-order valence-electron chi connectivity index (χ0n) is 14.1. The van der Waals surface area contributed by atoms with Crippen LogP contribution in [0, 0.1) is 0 Å². The molecule has 136 valence electrons. The fourth-order valence-corrected chi connectivity index (χ4v) is 4.51. The molecule has 1 amide bonds. The van der Waals surface area contributed by atoms with E-state index in [1.165, 1.54) is 11.3 Å². The Bertz CT molecular complexity index is 1050. The van der Waals surface area contributed by atoms with Crippen LogP contribution in [0.3, 0.4) is 0 Å². The van der Waals surface area contributed by atoms with E-state index in [0.717, 1.165) is 40.4 Å². The molecule has 0 saturated carbocycles. The van der Waals surface area contributed by atoms with Gasteiger partial charge in [-0.2, -0.15) is 0 Å². The maximum atomic E-state index is 11.8. The minimum absolute atomic E-state index is 0.340. The summed E-state index contributed by atoms with van der Waals surface area (Å²) in [5.41, 5.74) is 3.74. The average molecular weight is 400 g/mol. The van der Waals surface area contributed by atoms with E-state index in [-0.39, 0.29) is 6.09 Å². The molecular formula is C18H14ClN5O2S. The van der Waals surface area contributed by atoms with Gasteiger partial charge in [0.15, 0.2) is 5.13 Å². The maximum Gasteiger partial charge on any atom is 0.416 e. The van der Waals surface area contributed by atoms with Crippen molar-refractivity contribution in [3.63, 3.8) is 0 Å². The first-order valence-corrected chi connectivity index (χ1v) is 9.70. The monoisotopic (exact) mass is 399 g/mol. The van der Waals surface area contributed by atoms with Gasteiger partial charge in [-0.15, -0.1) is 0 Å². The van der Waals surface area contributed by atoms with E-state index >= 15 is 0 Å². The van der Waals surface area contributed by atoms with Crippen LogP contribution >= 0.6 is 22.9 Å². The molecule has 0 spiro atoms. The normalized spacial score (nSPS) is 15.3. The maximum absolute atomic E-state index is 11.8. The van der Waals surface area contributed by atoms with Crippen molar-refractivity contribution in [1.82, 2.24) is 15.0 Å². The number of carbonyl (C=O) groups excluding carboxylic acids is 1. The molecule has 0 unspecified atom stereocenters. The summed E-state index contributed by atoms with van der Waals surface area (Å²) >= 11 is 7.51. The summed E-state index contributed by atoms with van der Waals surface area (Å²) in [7, 11) is 0. The molecule has 2 aromatic heterocycles. The number of thiazole rings is 1. The summed E-state index contributed by atoms with van der Waals surface area (Å²) in [4.78, 5) is 28.2. The van der Waals surface area contributed by atoms with Crippen molar-refractivity contribution in [2.24, 2.45) is 0 Å². The number of fused-ring (bicyclic) bond motifs is 3. The molecule has 0 atom stereocenters. The van der Waals surface area contributed by atoms with Crippen molar-refractivity contribution >= 4 is 45.8 Å². The zero-order valence-corrected chi connectivity index (χ0v) is 15.7. The number of nitrogens with one attached hydrogen (secondary N) is 1. The van der Waals surface area contributed by atoms with Crippen LogP contribution in [0.15, 0.2) is 30.5 Å². The number of amides is 1. The van der Waals surface area contributed by atoms with Crippen LogP contribution in [0.1, 0.15) is 11.3 Å². The van der Waals surface area contributed by atoms with Gasteiger partial charge in [-0.3, -0.25) is 0 Å². The van der Waals surface area contributed by atoms with Crippen molar-refractivity contribution in [3.8, 4) is 10.6 Å². The quantitative estimate of drug-likeness (QED) is 0.715. The van der Waals surface area contributed by atoms with Gasteiger partial charge in [0.2, 0.25) is 5.95 Å². The Hall–Kier alpha value is -2.71. The van der Waals surface area contributed by atoms with Crippen molar-refractivity contribution in [2.75, 3.05) is 23.4 Å². The fraction of sp³-hybridized carbons (Fsp3) is 0.222. The third-order valence-electron chi connectivity index (χ3n) is 4.47. The van der Waals surface area contributed by atoms with Crippen LogP contribution in [0.5, 0.6) is 0 Å². The Labute approximate surface area is 164 Å². The highest BCUT2D eigenvalue weighted by molar-refractivity contribution is 7.19. The van der Waals surface area contributed by atoms with Gasteiger partial charge < -0.3 is 10.1 Å². The molecule has 2 aliphatic rings. The number of rotatable bonds is 3. The number of anilines is 3. The van der Waals surface area contributed by atoms with Gasteiger partial charge in [-0.25, -0.2) is 24.6 Å². The fourth-order valence-electron chi connectivity index (χ4n) is 3.17. The molecular weight excluding hydrogens is 386 g/mol. The van der Waals surface area contributed by atoms with Crippen LogP contribution < -0.4 is 10.2 Å². The van der Waals surface area contributed by atoms with E-state index in [1.54, 1.807) is 4.90 Å². The Morgan fingerprint density at radius 3 is 3.00 bits per heavy atom. The number of aromatic nitrogens is 3. The second-order valence-electron chi connectivity index (χ2n) is 6.24. The number of hydrogen-bond donors (Lipinski definition) is 1. The highest BCUT2D eigenvalue weighted by Gasteiger charge is 2.30. The summed E-state index contributed by atoms with van der Waals surface area (Å²) in [6.07, 6.45) is 3.15. The number of benzene rings is 1. The topological polar surface area (TPSA) is 80.2 Å². The van der Waals surface area contributed by atoms with Crippen molar-refractivity contribution in [2.45, 2.75) is 12.8 Å². The predicted molar refractivity (Wildman–Crippen MR) is 104 cm³/mol. The van der Waals surface area contributed by atoms with Gasteiger partial charge in [-0.1, -0.05) is 29.0 Å². The Morgan fingerprint density at radius 1 is 1.26 bits per heavy atom. The second kappa shape index (κ2) is 6.47. The lowest BCUT2D eigenvalue weighted by molar-refractivity contribution is 0.181. The largest absolute Gasteiger partial charge is 0.447 e. The minimum atomic E-state index is -0.340. The molecule has 0 bridgehead atoms. The zero-order chi connectivity index (χ0) is 18.4. The van der Waals surface area contributed by atoms with Crippen LogP contribution in [-0.4, -0.2) is 34.2 Å². The number of carbonyl (C=O) groups is 1. The van der Waals surface area contributed by atoms with Crippen LogP contribution in [-0.2, 0) is 17.6 Å². The molecule has 1 aromatic carbocycles. The van der Waals surface area contributed by atoms with Gasteiger partial charge in [0.05, 0.1) is 22.8 Å². The van der Waals surface area contributed by atoms with E-state index in [1.807, 2.05) is 30.5 Å². The molecule has 1 aliphatic heterocycles. The lowest BCUT2D eigenvalue weighted by Gasteiger charge is -2.15. The molecule has 7 nitrogen and oxygen atoms in total. The summed E-state index contributed by atoms with van der Waals surface area (Å²) in [6.45, 7) is 0.930. The summed E-state index contributed by atoms with van der Waals surface area (Å²) in [5, 5.41) is 4.50. The minimum Gasteiger partial charge on any atom is -0.447 e. The number of ether oxygens (including phenoxy) is 1. The summed E-state index contributed by atoms with van der Waals surface area (Å²) in [5.74, 6) is 0.499. The van der Waals surface area contributed by atoms with Gasteiger partial charge in [0, 0.05) is 16.9 Å². The predicted octanol–water partition coefficient (Wildman–Crippen LogP) is 4.05. The highest BCUT2D eigenvalue weighted by Crippen LogP contribution is 2.40. The number of halogens is 1. The van der Waals surface area contributed by atoms with Gasteiger partial charge in [0.25, 0.3) is 0 Å². The Kier molecular flexibility index (Phi) is 3.95.